The van der Waals surface area contributed by atoms with Gasteiger partial charge in [-0.05, 0) is 67.5 Å². The lowest BCUT2D eigenvalue weighted by Gasteiger charge is -2.32. The Labute approximate surface area is 187 Å². The molecule has 0 atom stereocenters. The average Bonchev–Trinajstić information content (AvgIpc) is 2.82. The summed E-state index contributed by atoms with van der Waals surface area (Å²) in [7, 11) is 0. The number of ether oxygens (including phenoxy) is 1. The van der Waals surface area contributed by atoms with Crippen molar-refractivity contribution in [3.8, 4) is 22.6 Å². The number of likely N-dealkylation sites (tertiary alicyclic amines) is 1. The molecule has 1 aromatic heterocycles. The van der Waals surface area contributed by atoms with Gasteiger partial charge in [-0.3, -0.25) is 9.78 Å². The fourth-order valence-electron chi connectivity index (χ4n) is 4.17. The number of halogens is 1. The van der Waals surface area contributed by atoms with E-state index in [0.29, 0.717) is 22.8 Å². The number of hydrogen-bond donors (Lipinski definition) is 1. The molecule has 1 aliphatic heterocycles. The fraction of sp³-hybridized carbons (Fsp3) is 0.308. The van der Waals surface area contributed by atoms with Crippen LogP contribution in [0.25, 0.3) is 11.1 Å². The Morgan fingerprint density at radius 1 is 1.06 bits per heavy atom. The van der Waals surface area contributed by atoms with Crippen LogP contribution in [0.3, 0.4) is 0 Å². The average molecular weight is 435 g/mol. The van der Waals surface area contributed by atoms with Crippen molar-refractivity contribution in [1.82, 2.24) is 9.88 Å². The van der Waals surface area contributed by atoms with E-state index in [1.165, 1.54) is 17.7 Å². The number of hydrogen-bond acceptors (Lipinski definition) is 4. The number of piperidine rings is 1. The number of carbonyl (C=O) groups is 1. The molecule has 0 aliphatic carbocycles. The molecule has 1 aliphatic rings. The van der Waals surface area contributed by atoms with E-state index in [1.54, 1.807) is 18.2 Å². The Balaban J connectivity index is 1.29. The van der Waals surface area contributed by atoms with Crippen molar-refractivity contribution < 1.29 is 19.0 Å². The van der Waals surface area contributed by atoms with E-state index >= 15 is 0 Å². The Hall–Kier alpha value is -3.41. The summed E-state index contributed by atoms with van der Waals surface area (Å²) in [4.78, 5) is 18.6. The monoisotopic (exact) mass is 434 g/mol. The predicted molar refractivity (Wildman–Crippen MR) is 121 cm³/mol. The Morgan fingerprint density at radius 2 is 1.81 bits per heavy atom. The van der Waals surface area contributed by atoms with E-state index in [2.05, 4.69) is 17.1 Å². The number of aryl methyl sites for hydroxylation is 1. The molecular formula is C26H27FN2O3. The predicted octanol–water partition coefficient (Wildman–Crippen LogP) is 4.84. The normalized spacial score (nSPS) is 14.3. The maximum atomic E-state index is 13.3. The van der Waals surface area contributed by atoms with Crippen LogP contribution in [0, 0.1) is 11.7 Å². The van der Waals surface area contributed by atoms with Crippen LogP contribution >= 0.6 is 0 Å². The highest BCUT2D eigenvalue weighted by Crippen LogP contribution is 2.36. The van der Waals surface area contributed by atoms with Gasteiger partial charge in [0.1, 0.15) is 17.3 Å². The number of benzene rings is 2. The van der Waals surface area contributed by atoms with E-state index in [-0.39, 0.29) is 18.3 Å². The van der Waals surface area contributed by atoms with Gasteiger partial charge in [0.15, 0.2) is 6.61 Å². The van der Waals surface area contributed by atoms with Crippen molar-refractivity contribution in [2.45, 2.75) is 25.7 Å². The number of pyridine rings is 1. The van der Waals surface area contributed by atoms with Crippen molar-refractivity contribution in [3.63, 3.8) is 0 Å². The lowest BCUT2D eigenvalue weighted by atomic mass is 9.91. The van der Waals surface area contributed by atoms with Crippen LogP contribution in [-0.4, -0.2) is 40.6 Å². The van der Waals surface area contributed by atoms with Crippen LogP contribution in [0.15, 0.2) is 67.0 Å². The van der Waals surface area contributed by atoms with Crippen LogP contribution in [-0.2, 0) is 11.2 Å². The molecule has 0 bridgehead atoms. The van der Waals surface area contributed by atoms with Gasteiger partial charge in [0.05, 0.1) is 0 Å². The quantitative estimate of drug-likeness (QED) is 0.578. The van der Waals surface area contributed by atoms with Crippen LogP contribution in [0.5, 0.6) is 11.5 Å². The Bertz CT molecular complexity index is 1050. The highest BCUT2D eigenvalue weighted by molar-refractivity contribution is 5.79. The first kappa shape index (κ1) is 21.8. The molecule has 3 aromatic rings. The van der Waals surface area contributed by atoms with Gasteiger partial charge in [-0.2, -0.15) is 0 Å². The molecule has 5 nitrogen and oxygen atoms in total. The second kappa shape index (κ2) is 10.3. The SMILES string of the molecule is O=C(COc1ccccc1-c1ccc(F)cc1O)N1CCC(CCc2ccncc2)CC1. The molecule has 2 heterocycles. The van der Waals surface area contributed by atoms with Crippen molar-refractivity contribution in [2.24, 2.45) is 5.92 Å². The number of nitrogens with zero attached hydrogens (tertiary/aromatic N) is 2. The van der Waals surface area contributed by atoms with Gasteiger partial charge >= 0.3 is 0 Å². The third kappa shape index (κ3) is 5.44. The van der Waals surface area contributed by atoms with Crippen LogP contribution in [0.1, 0.15) is 24.8 Å². The number of rotatable bonds is 7. The second-order valence-corrected chi connectivity index (χ2v) is 8.16. The van der Waals surface area contributed by atoms with E-state index in [1.807, 2.05) is 23.4 Å². The minimum absolute atomic E-state index is 0.0456. The van der Waals surface area contributed by atoms with E-state index in [9.17, 15) is 14.3 Å². The molecule has 2 aromatic carbocycles. The van der Waals surface area contributed by atoms with Gasteiger partial charge in [-0.15, -0.1) is 0 Å². The summed E-state index contributed by atoms with van der Waals surface area (Å²) in [5.41, 5.74) is 2.38. The highest BCUT2D eigenvalue weighted by atomic mass is 19.1. The van der Waals surface area contributed by atoms with E-state index in [0.717, 1.165) is 44.8 Å². The Kier molecular flexibility index (Phi) is 7.00. The van der Waals surface area contributed by atoms with Gasteiger partial charge < -0.3 is 14.7 Å². The second-order valence-electron chi connectivity index (χ2n) is 8.16. The molecule has 4 rings (SSSR count). The molecule has 1 N–H and O–H groups in total. The zero-order valence-corrected chi connectivity index (χ0v) is 17.9. The number of carbonyl (C=O) groups excluding carboxylic acids is 1. The first-order valence-electron chi connectivity index (χ1n) is 11.0. The van der Waals surface area contributed by atoms with Gasteiger partial charge in [-0.1, -0.05) is 18.2 Å². The number of para-hydroxylation sites is 1. The molecule has 1 fully saturated rings. The number of amides is 1. The fourth-order valence-corrected chi connectivity index (χ4v) is 4.17. The van der Waals surface area contributed by atoms with Crippen molar-refractivity contribution in [3.05, 3.63) is 78.4 Å². The summed E-state index contributed by atoms with van der Waals surface area (Å²) >= 11 is 0. The van der Waals surface area contributed by atoms with Crippen LogP contribution in [0.2, 0.25) is 0 Å². The number of aromatic nitrogens is 1. The number of phenols is 1. The molecule has 166 valence electrons. The molecule has 6 heteroatoms. The number of aromatic hydroxyl groups is 1. The van der Waals surface area contributed by atoms with Crippen LogP contribution in [0.4, 0.5) is 4.39 Å². The number of phenolic OH excluding ortho intramolecular Hbond substituents is 1. The zero-order valence-electron chi connectivity index (χ0n) is 17.9. The summed E-state index contributed by atoms with van der Waals surface area (Å²) in [6.45, 7) is 1.41. The Morgan fingerprint density at radius 3 is 2.56 bits per heavy atom. The summed E-state index contributed by atoms with van der Waals surface area (Å²) in [6, 6.07) is 15.1. The van der Waals surface area contributed by atoms with Gasteiger partial charge in [0.25, 0.3) is 5.91 Å². The van der Waals surface area contributed by atoms with Crippen molar-refractivity contribution >= 4 is 5.91 Å². The molecular weight excluding hydrogens is 407 g/mol. The maximum absolute atomic E-state index is 13.3. The molecule has 0 spiro atoms. The lowest BCUT2D eigenvalue weighted by molar-refractivity contribution is -0.134. The first-order chi connectivity index (χ1) is 15.6. The van der Waals surface area contributed by atoms with Gasteiger partial charge in [0.2, 0.25) is 0 Å². The molecule has 0 radical (unpaired) electrons. The molecule has 32 heavy (non-hydrogen) atoms. The summed E-state index contributed by atoms with van der Waals surface area (Å²) in [5, 5.41) is 10.1. The van der Waals surface area contributed by atoms with Crippen LogP contribution < -0.4 is 4.74 Å². The third-order valence-electron chi connectivity index (χ3n) is 6.05. The van der Waals surface area contributed by atoms with Crippen molar-refractivity contribution in [2.75, 3.05) is 19.7 Å². The minimum Gasteiger partial charge on any atom is -0.507 e. The largest absolute Gasteiger partial charge is 0.507 e. The topological polar surface area (TPSA) is 62.7 Å². The molecule has 0 unspecified atom stereocenters. The standard InChI is InChI=1S/C26H27FN2O3/c27-21-7-8-22(24(30)17-21)23-3-1-2-4-25(23)32-18-26(31)29-15-11-20(12-16-29)6-5-19-9-13-28-14-10-19/h1-4,7-10,13-14,17,20,30H,5-6,11-12,15-16,18H2. The lowest BCUT2D eigenvalue weighted by Crippen LogP contribution is -2.41. The smallest absolute Gasteiger partial charge is 0.260 e. The minimum atomic E-state index is -0.510. The maximum Gasteiger partial charge on any atom is 0.260 e. The molecule has 1 amide bonds. The van der Waals surface area contributed by atoms with Gasteiger partial charge in [-0.25, -0.2) is 4.39 Å². The van der Waals surface area contributed by atoms with E-state index < -0.39 is 5.82 Å². The summed E-state index contributed by atoms with van der Waals surface area (Å²) in [5.74, 6) is 0.381. The molecule has 0 saturated carbocycles. The third-order valence-corrected chi connectivity index (χ3v) is 6.05. The summed E-state index contributed by atoms with van der Waals surface area (Å²) in [6.07, 6.45) is 7.81. The first-order valence-corrected chi connectivity index (χ1v) is 11.0. The molecule has 1 saturated heterocycles. The zero-order chi connectivity index (χ0) is 22.3. The summed E-state index contributed by atoms with van der Waals surface area (Å²) < 4.78 is 19.2. The van der Waals surface area contributed by atoms with Gasteiger partial charge in [0, 0.05) is 42.7 Å². The van der Waals surface area contributed by atoms with E-state index in [4.69, 9.17) is 4.74 Å². The highest BCUT2D eigenvalue weighted by Gasteiger charge is 2.23. The van der Waals surface area contributed by atoms with Crippen molar-refractivity contribution in [1.29, 1.82) is 0 Å².